The van der Waals surface area contributed by atoms with Crippen molar-refractivity contribution in [2.45, 2.75) is 32.6 Å². The van der Waals surface area contributed by atoms with Gasteiger partial charge in [-0.15, -0.1) is 0 Å². The number of fused-ring (bicyclic) bond motifs is 1. The van der Waals surface area contributed by atoms with Crippen molar-refractivity contribution in [2.24, 2.45) is 0 Å². The fraction of sp³-hybridized carbons (Fsp3) is 0.500. The van der Waals surface area contributed by atoms with E-state index in [1.807, 2.05) is 6.07 Å². The Morgan fingerprint density at radius 1 is 1.50 bits per heavy atom. The number of hydrogen-bond donors (Lipinski definition) is 0. The van der Waals surface area contributed by atoms with Crippen LogP contribution in [-0.2, 0) is 19.3 Å². The predicted molar refractivity (Wildman–Crippen MR) is 50.7 cm³/mol. The van der Waals surface area contributed by atoms with Crippen molar-refractivity contribution in [2.75, 3.05) is 0 Å². The summed E-state index contributed by atoms with van der Waals surface area (Å²) in [6.45, 7) is 2.17. The Morgan fingerprint density at radius 3 is 3.08 bits per heavy atom. The Balaban J connectivity index is 2.55. The molecule has 0 amide bonds. The van der Waals surface area contributed by atoms with Crippen LogP contribution < -0.4 is 0 Å². The molecule has 0 fully saturated rings. The maximum atomic E-state index is 5.90. The average Bonchev–Trinajstić information content (AvgIpc) is 2.50. The molecule has 0 saturated heterocycles. The number of aryl methyl sites for hydroxylation is 2. The van der Waals surface area contributed by atoms with Gasteiger partial charge in [0.25, 0.3) is 0 Å². The standard InChI is InChI=1S/C10H12ClN/c1-2-7-6-10(11)12-9-5-3-4-8(7)9/h6H,2-5H2,1H3. The van der Waals surface area contributed by atoms with Crippen LogP contribution in [0.5, 0.6) is 0 Å². The summed E-state index contributed by atoms with van der Waals surface area (Å²) in [5.41, 5.74) is 4.09. The third-order valence-corrected chi connectivity index (χ3v) is 2.69. The summed E-state index contributed by atoms with van der Waals surface area (Å²) in [5, 5.41) is 0.660. The quantitative estimate of drug-likeness (QED) is 0.608. The number of aromatic nitrogens is 1. The van der Waals surface area contributed by atoms with E-state index >= 15 is 0 Å². The third kappa shape index (κ3) is 1.22. The van der Waals surface area contributed by atoms with Crippen LogP contribution in [0.25, 0.3) is 0 Å². The van der Waals surface area contributed by atoms with Gasteiger partial charge in [-0.05, 0) is 42.9 Å². The Bertz CT molecular complexity index is 307. The Hall–Kier alpha value is -0.560. The van der Waals surface area contributed by atoms with Crippen molar-refractivity contribution >= 4 is 11.6 Å². The molecule has 1 aromatic rings. The molecule has 12 heavy (non-hydrogen) atoms. The first-order valence-electron chi connectivity index (χ1n) is 4.48. The van der Waals surface area contributed by atoms with E-state index in [0.717, 1.165) is 12.8 Å². The van der Waals surface area contributed by atoms with Crippen molar-refractivity contribution in [1.82, 2.24) is 4.98 Å². The zero-order chi connectivity index (χ0) is 8.55. The third-order valence-electron chi connectivity index (χ3n) is 2.49. The number of hydrogen-bond acceptors (Lipinski definition) is 1. The van der Waals surface area contributed by atoms with Crippen LogP contribution >= 0.6 is 11.6 Å². The molecule has 0 spiro atoms. The maximum Gasteiger partial charge on any atom is 0.129 e. The van der Waals surface area contributed by atoms with Crippen LogP contribution in [0.1, 0.15) is 30.2 Å². The molecular weight excluding hydrogens is 170 g/mol. The van der Waals surface area contributed by atoms with Gasteiger partial charge >= 0.3 is 0 Å². The summed E-state index contributed by atoms with van der Waals surface area (Å²) < 4.78 is 0. The van der Waals surface area contributed by atoms with E-state index in [0.29, 0.717) is 5.15 Å². The van der Waals surface area contributed by atoms with Crippen LogP contribution in [0.3, 0.4) is 0 Å². The molecule has 0 radical (unpaired) electrons. The zero-order valence-corrected chi connectivity index (χ0v) is 7.99. The molecule has 1 heterocycles. The highest BCUT2D eigenvalue weighted by Gasteiger charge is 2.15. The smallest absolute Gasteiger partial charge is 0.129 e. The molecule has 2 rings (SSSR count). The summed E-state index contributed by atoms with van der Waals surface area (Å²) >= 11 is 5.90. The van der Waals surface area contributed by atoms with Crippen LogP contribution in [0.2, 0.25) is 5.15 Å². The SMILES string of the molecule is CCc1cc(Cl)nc2c1CCC2. The second kappa shape index (κ2) is 3.06. The molecule has 0 aliphatic heterocycles. The molecule has 2 heteroatoms. The molecule has 0 atom stereocenters. The van der Waals surface area contributed by atoms with Gasteiger partial charge in [-0.25, -0.2) is 4.98 Å². The summed E-state index contributed by atoms with van der Waals surface area (Å²) in [6.07, 6.45) is 4.63. The number of rotatable bonds is 1. The van der Waals surface area contributed by atoms with E-state index in [9.17, 15) is 0 Å². The molecule has 0 bridgehead atoms. The van der Waals surface area contributed by atoms with Crippen molar-refractivity contribution in [3.63, 3.8) is 0 Å². The fourth-order valence-corrected chi connectivity index (χ4v) is 2.14. The van der Waals surface area contributed by atoms with Gasteiger partial charge in [0, 0.05) is 5.69 Å². The summed E-state index contributed by atoms with van der Waals surface area (Å²) in [7, 11) is 0. The normalized spacial score (nSPS) is 14.8. The van der Waals surface area contributed by atoms with Crippen LogP contribution in [0.4, 0.5) is 0 Å². The van der Waals surface area contributed by atoms with E-state index < -0.39 is 0 Å². The number of halogens is 1. The van der Waals surface area contributed by atoms with E-state index in [2.05, 4.69) is 11.9 Å². The molecule has 1 aliphatic carbocycles. The topological polar surface area (TPSA) is 12.9 Å². The molecule has 0 saturated carbocycles. The summed E-state index contributed by atoms with van der Waals surface area (Å²) in [6, 6.07) is 2.01. The van der Waals surface area contributed by atoms with E-state index in [1.54, 1.807) is 0 Å². The van der Waals surface area contributed by atoms with Gasteiger partial charge in [0.15, 0.2) is 0 Å². The second-order valence-electron chi connectivity index (χ2n) is 3.24. The zero-order valence-electron chi connectivity index (χ0n) is 7.23. The molecule has 0 unspecified atom stereocenters. The fourth-order valence-electron chi connectivity index (χ4n) is 1.90. The monoisotopic (exact) mass is 181 g/mol. The van der Waals surface area contributed by atoms with Crippen molar-refractivity contribution < 1.29 is 0 Å². The second-order valence-corrected chi connectivity index (χ2v) is 3.62. The minimum Gasteiger partial charge on any atom is -0.241 e. The molecular formula is C10H12ClN. The number of pyridine rings is 1. The van der Waals surface area contributed by atoms with Gasteiger partial charge in [0.1, 0.15) is 5.15 Å². The van der Waals surface area contributed by atoms with Crippen molar-refractivity contribution in [3.05, 3.63) is 28.0 Å². The lowest BCUT2D eigenvalue weighted by atomic mass is 10.1. The Kier molecular flexibility index (Phi) is 2.05. The first-order valence-corrected chi connectivity index (χ1v) is 4.86. The van der Waals surface area contributed by atoms with Gasteiger partial charge in [-0.1, -0.05) is 18.5 Å². The van der Waals surface area contributed by atoms with Crippen LogP contribution in [-0.4, -0.2) is 4.98 Å². The van der Waals surface area contributed by atoms with E-state index in [-0.39, 0.29) is 0 Å². The first-order chi connectivity index (χ1) is 5.81. The van der Waals surface area contributed by atoms with Crippen LogP contribution in [0, 0.1) is 0 Å². The van der Waals surface area contributed by atoms with Crippen LogP contribution in [0.15, 0.2) is 6.07 Å². The average molecular weight is 182 g/mol. The molecule has 0 aromatic carbocycles. The molecule has 1 aliphatic rings. The first kappa shape index (κ1) is 8.06. The van der Waals surface area contributed by atoms with Gasteiger partial charge < -0.3 is 0 Å². The minimum atomic E-state index is 0.660. The summed E-state index contributed by atoms with van der Waals surface area (Å²) in [5.74, 6) is 0. The highest BCUT2D eigenvalue weighted by molar-refractivity contribution is 6.29. The van der Waals surface area contributed by atoms with Gasteiger partial charge in [0.05, 0.1) is 0 Å². The van der Waals surface area contributed by atoms with Gasteiger partial charge in [0.2, 0.25) is 0 Å². The molecule has 1 nitrogen and oxygen atoms in total. The van der Waals surface area contributed by atoms with Gasteiger partial charge in [-0.3, -0.25) is 0 Å². The van der Waals surface area contributed by atoms with Gasteiger partial charge in [-0.2, -0.15) is 0 Å². The Labute approximate surface area is 77.8 Å². The molecule has 1 aromatic heterocycles. The minimum absolute atomic E-state index is 0.660. The van der Waals surface area contributed by atoms with E-state index in [4.69, 9.17) is 11.6 Å². The lowest BCUT2D eigenvalue weighted by Crippen LogP contribution is -1.95. The lowest BCUT2D eigenvalue weighted by Gasteiger charge is -2.05. The lowest BCUT2D eigenvalue weighted by molar-refractivity contribution is 0.896. The summed E-state index contributed by atoms with van der Waals surface area (Å²) in [4.78, 5) is 4.33. The molecule has 0 N–H and O–H groups in total. The highest BCUT2D eigenvalue weighted by Crippen LogP contribution is 2.26. The Morgan fingerprint density at radius 2 is 2.33 bits per heavy atom. The maximum absolute atomic E-state index is 5.90. The van der Waals surface area contributed by atoms with Crippen molar-refractivity contribution in [1.29, 1.82) is 0 Å². The highest BCUT2D eigenvalue weighted by atomic mass is 35.5. The molecule has 64 valence electrons. The van der Waals surface area contributed by atoms with E-state index in [1.165, 1.54) is 29.7 Å². The van der Waals surface area contributed by atoms with Crippen molar-refractivity contribution in [3.8, 4) is 0 Å². The number of nitrogens with zero attached hydrogens (tertiary/aromatic N) is 1. The predicted octanol–water partition coefficient (Wildman–Crippen LogP) is 2.79. The largest absolute Gasteiger partial charge is 0.241 e.